The quantitative estimate of drug-likeness (QED) is 0.777. The zero-order chi connectivity index (χ0) is 18.3. The number of carbonyl (C=O) groups excluding carboxylic acids is 1. The number of amides is 1. The number of hydrogen-bond acceptors (Lipinski definition) is 4. The summed E-state index contributed by atoms with van der Waals surface area (Å²) in [6, 6.07) is 8.18. The summed E-state index contributed by atoms with van der Waals surface area (Å²) in [7, 11) is 0. The molecule has 7 heteroatoms. The van der Waals surface area contributed by atoms with Crippen LogP contribution in [0.3, 0.4) is 0 Å². The third kappa shape index (κ3) is 2.56. The van der Waals surface area contributed by atoms with Crippen LogP contribution in [0, 0.1) is 0 Å². The van der Waals surface area contributed by atoms with Gasteiger partial charge in [-0.05, 0) is 50.1 Å². The summed E-state index contributed by atoms with van der Waals surface area (Å²) in [4.78, 5) is 30.5. The number of aryl methyl sites for hydroxylation is 1. The summed E-state index contributed by atoms with van der Waals surface area (Å²) < 4.78 is 7.32. The van der Waals surface area contributed by atoms with Crippen molar-refractivity contribution in [2.24, 2.45) is 0 Å². The van der Waals surface area contributed by atoms with Crippen molar-refractivity contribution < 1.29 is 19.1 Å². The standard InChI is InChI=1S/C19H19N3O4/c1-2-21-14-8-7-12(19(24)25)11-13(14)20-17(21)15-5-3-9-22(15)18(23)16-6-4-10-26-16/h4,6-8,10-11,15H,2-3,5,9H2,1H3,(H,24,25)/t15-/m0/s1. The number of benzene rings is 1. The smallest absolute Gasteiger partial charge is 0.335 e. The molecular weight excluding hydrogens is 334 g/mol. The fourth-order valence-electron chi connectivity index (χ4n) is 3.69. The SMILES string of the molecule is CCn1c([C@@H]2CCCN2C(=O)c2ccco2)nc2cc(C(=O)O)ccc21. The molecule has 134 valence electrons. The molecule has 0 unspecified atom stereocenters. The Morgan fingerprint density at radius 2 is 2.19 bits per heavy atom. The van der Waals surface area contributed by atoms with E-state index in [1.807, 2.05) is 6.92 Å². The number of carbonyl (C=O) groups is 2. The Labute approximate surface area is 149 Å². The van der Waals surface area contributed by atoms with Crippen molar-refractivity contribution >= 4 is 22.9 Å². The van der Waals surface area contributed by atoms with E-state index < -0.39 is 5.97 Å². The first-order chi connectivity index (χ1) is 12.6. The summed E-state index contributed by atoms with van der Waals surface area (Å²) in [6.07, 6.45) is 3.21. The van der Waals surface area contributed by atoms with E-state index in [-0.39, 0.29) is 17.5 Å². The zero-order valence-corrected chi connectivity index (χ0v) is 14.4. The number of imidazole rings is 1. The molecule has 1 aliphatic rings. The second-order valence-corrected chi connectivity index (χ2v) is 6.36. The minimum atomic E-state index is -0.977. The van der Waals surface area contributed by atoms with Gasteiger partial charge in [0, 0.05) is 13.1 Å². The van der Waals surface area contributed by atoms with Crippen LogP contribution in [-0.2, 0) is 6.54 Å². The Morgan fingerprint density at radius 1 is 1.35 bits per heavy atom. The van der Waals surface area contributed by atoms with Gasteiger partial charge in [-0.25, -0.2) is 9.78 Å². The summed E-state index contributed by atoms with van der Waals surface area (Å²) >= 11 is 0. The van der Waals surface area contributed by atoms with Gasteiger partial charge in [-0.1, -0.05) is 0 Å². The summed E-state index contributed by atoms with van der Waals surface area (Å²) in [6.45, 7) is 3.36. The lowest BCUT2D eigenvalue weighted by atomic mass is 10.2. The van der Waals surface area contributed by atoms with Crippen LogP contribution in [0.15, 0.2) is 41.0 Å². The molecule has 3 aromatic rings. The van der Waals surface area contributed by atoms with Crippen molar-refractivity contribution in [1.82, 2.24) is 14.5 Å². The zero-order valence-electron chi connectivity index (χ0n) is 14.4. The van der Waals surface area contributed by atoms with Crippen LogP contribution in [0.25, 0.3) is 11.0 Å². The van der Waals surface area contributed by atoms with E-state index in [0.717, 1.165) is 24.2 Å². The molecule has 1 N–H and O–H groups in total. The number of rotatable bonds is 4. The van der Waals surface area contributed by atoms with E-state index in [4.69, 9.17) is 9.40 Å². The van der Waals surface area contributed by atoms with E-state index >= 15 is 0 Å². The molecule has 1 fully saturated rings. The van der Waals surface area contributed by atoms with Crippen LogP contribution >= 0.6 is 0 Å². The second-order valence-electron chi connectivity index (χ2n) is 6.36. The Bertz CT molecular complexity index is 974. The summed E-state index contributed by atoms with van der Waals surface area (Å²) in [5.74, 6) is 0.0000839. The van der Waals surface area contributed by atoms with Crippen LogP contribution in [-0.4, -0.2) is 38.0 Å². The maximum Gasteiger partial charge on any atom is 0.335 e. The van der Waals surface area contributed by atoms with E-state index in [1.165, 1.54) is 6.26 Å². The number of carboxylic acid groups (broad SMARTS) is 1. The Balaban J connectivity index is 1.77. The lowest BCUT2D eigenvalue weighted by Crippen LogP contribution is -2.31. The fourth-order valence-corrected chi connectivity index (χ4v) is 3.69. The lowest BCUT2D eigenvalue weighted by Gasteiger charge is -2.24. The van der Waals surface area contributed by atoms with Gasteiger partial charge in [0.2, 0.25) is 0 Å². The molecule has 4 rings (SSSR count). The molecule has 0 saturated carbocycles. The van der Waals surface area contributed by atoms with E-state index in [2.05, 4.69) is 4.57 Å². The molecule has 2 aromatic heterocycles. The molecule has 26 heavy (non-hydrogen) atoms. The van der Waals surface area contributed by atoms with E-state index in [0.29, 0.717) is 24.4 Å². The monoisotopic (exact) mass is 353 g/mol. The molecule has 1 atom stereocenters. The number of carboxylic acids is 1. The molecule has 0 spiro atoms. The molecular formula is C19H19N3O4. The summed E-state index contributed by atoms with van der Waals surface area (Å²) in [5.41, 5.74) is 1.73. The largest absolute Gasteiger partial charge is 0.478 e. The van der Waals surface area contributed by atoms with Gasteiger partial charge >= 0.3 is 5.97 Å². The average molecular weight is 353 g/mol. The molecule has 7 nitrogen and oxygen atoms in total. The van der Waals surface area contributed by atoms with Gasteiger partial charge in [-0.2, -0.15) is 0 Å². The Hall–Kier alpha value is -3.09. The van der Waals surface area contributed by atoms with Crippen LogP contribution in [0.5, 0.6) is 0 Å². The minimum Gasteiger partial charge on any atom is -0.478 e. The van der Waals surface area contributed by atoms with E-state index in [9.17, 15) is 14.7 Å². The average Bonchev–Trinajstić information content (AvgIpc) is 3.38. The molecule has 0 aliphatic carbocycles. The molecule has 0 bridgehead atoms. The highest BCUT2D eigenvalue weighted by Gasteiger charge is 2.35. The van der Waals surface area contributed by atoms with Gasteiger partial charge < -0.3 is 19.0 Å². The second kappa shape index (κ2) is 6.33. The molecule has 0 radical (unpaired) electrons. The first kappa shape index (κ1) is 16.4. The highest BCUT2D eigenvalue weighted by Crippen LogP contribution is 2.34. The van der Waals surface area contributed by atoms with Crippen LogP contribution < -0.4 is 0 Å². The molecule has 1 aliphatic heterocycles. The highest BCUT2D eigenvalue weighted by atomic mass is 16.4. The van der Waals surface area contributed by atoms with Crippen molar-refractivity contribution in [2.75, 3.05) is 6.54 Å². The predicted molar refractivity (Wildman–Crippen MR) is 94.1 cm³/mol. The minimum absolute atomic E-state index is 0.140. The fraction of sp³-hybridized carbons (Fsp3) is 0.316. The van der Waals surface area contributed by atoms with Gasteiger partial charge in [0.1, 0.15) is 5.82 Å². The number of aromatic nitrogens is 2. The van der Waals surface area contributed by atoms with Crippen LogP contribution in [0.1, 0.15) is 52.5 Å². The van der Waals surface area contributed by atoms with Gasteiger partial charge in [-0.15, -0.1) is 0 Å². The van der Waals surface area contributed by atoms with E-state index in [1.54, 1.807) is 35.2 Å². The van der Waals surface area contributed by atoms with Gasteiger partial charge in [-0.3, -0.25) is 4.79 Å². The number of hydrogen-bond donors (Lipinski definition) is 1. The number of fused-ring (bicyclic) bond motifs is 1. The lowest BCUT2D eigenvalue weighted by molar-refractivity contribution is 0.0688. The normalized spacial score (nSPS) is 17.1. The van der Waals surface area contributed by atoms with Gasteiger partial charge in [0.15, 0.2) is 5.76 Å². The predicted octanol–water partition coefficient (Wildman–Crippen LogP) is 3.32. The number of aromatic carboxylic acids is 1. The number of nitrogens with zero attached hydrogens (tertiary/aromatic N) is 3. The molecule has 1 aromatic carbocycles. The third-order valence-electron chi connectivity index (χ3n) is 4.88. The number of likely N-dealkylation sites (tertiary alicyclic amines) is 1. The maximum absolute atomic E-state index is 12.8. The third-order valence-corrected chi connectivity index (χ3v) is 4.88. The van der Waals surface area contributed by atoms with Crippen molar-refractivity contribution in [1.29, 1.82) is 0 Å². The first-order valence-corrected chi connectivity index (χ1v) is 8.68. The van der Waals surface area contributed by atoms with Crippen molar-refractivity contribution in [2.45, 2.75) is 32.4 Å². The van der Waals surface area contributed by atoms with Crippen LogP contribution in [0.2, 0.25) is 0 Å². The maximum atomic E-state index is 12.8. The molecule has 1 amide bonds. The molecule has 1 saturated heterocycles. The Kier molecular flexibility index (Phi) is 3.99. The summed E-state index contributed by atoms with van der Waals surface area (Å²) in [5, 5.41) is 9.21. The van der Waals surface area contributed by atoms with Crippen molar-refractivity contribution in [3.05, 3.63) is 53.7 Å². The topological polar surface area (TPSA) is 88.6 Å². The highest BCUT2D eigenvalue weighted by molar-refractivity contribution is 5.93. The Morgan fingerprint density at radius 3 is 2.88 bits per heavy atom. The molecule has 3 heterocycles. The first-order valence-electron chi connectivity index (χ1n) is 8.68. The van der Waals surface area contributed by atoms with Gasteiger partial charge in [0.25, 0.3) is 5.91 Å². The van der Waals surface area contributed by atoms with Crippen LogP contribution in [0.4, 0.5) is 0 Å². The van der Waals surface area contributed by atoms with Crippen molar-refractivity contribution in [3.63, 3.8) is 0 Å². The van der Waals surface area contributed by atoms with Crippen molar-refractivity contribution in [3.8, 4) is 0 Å². The van der Waals surface area contributed by atoms with Gasteiger partial charge in [0.05, 0.1) is 28.9 Å². The number of furan rings is 1.